The van der Waals surface area contributed by atoms with Crippen molar-refractivity contribution in [3.63, 3.8) is 0 Å². The molecule has 19 heavy (non-hydrogen) atoms. The lowest BCUT2D eigenvalue weighted by Crippen LogP contribution is -2.41. The van der Waals surface area contributed by atoms with Crippen LogP contribution in [0.15, 0.2) is 0 Å². The quantitative estimate of drug-likeness (QED) is 0.816. The lowest BCUT2D eigenvalue weighted by Gasteiger charge is -2.29. The summed E-state index contributed by atoms with van der Waals surface area (Å²) in [7, 11) is 1.69. The molecule has 0 aromatic carbocycles. The van der Waals surface area contributed by atoms with E-state index in [1.54, 1.807) is 7.11 Å². The number of ether oxygens (including phenoxy) is 1. The lowest BCUT2D eigenvalue weighted by atomic mass is 9.89. The highest BCUT2D eigenvalue weighted by atomic mass is 35.5. The van der Waals surface area contributed by atoms with Crippen LogP contribution in [0.1, 0.15) is 46.5 Å². The molecule has 114 valence electrons. The summed E-state index contributed by atoms with van der Waals surface area (Å²) in [5.41, 5.74) is 6.01. The summed E-state index contributed by atoms with van der Waals surface area (Å²) in [4.78, 5) is 11.9. The van der Waals surface area contributed by atoms with Gasteiger partial charge < -0.3 is 15.8 Å². The molecule has 1 unspecified atom stereocenters. The predicted molar refractivity (Wildman–Crippen MR) is 80.4 cm³/mol. The Balaban J connectivity index is 0.00000324. The van der Waals surface area contributed by atoms with Gasteiger partial charge in [-0.25, -0.2) is 0 Å². The molecular weight excluding hydrogens is 264 g/mol. The molecule has 1 saturated carbocycles. The Bertz CT molecular complexity index is 279. The first kappa shape index (κ1) is 18.7. The summed E-state index contributed by atoms with van der Waals surface area (Å²) < 4.78 is 5.42. The van der Waals surface area contributed by atoms with E-state index >= 15 is 0 Å². The highest BCUT2D eigenvalue weighted by Crippen LogP contribution is 2.26. The molecule has 1 aliphatic carbocycles. The van der Waals surface area contributed by atoms with Crippen LogP contribution in [-0.4, -0.2) is 31.7 Å². The molecule has 5 heteroatoms. The van der Waals surface area contributed by atoms with Gasteiger partial charge in [0.25, 0.3) is 0 Å². The van der Waals surface area contributed by atoms with Gasteiger partial charge in [-0.2, -0.15) is 0 Å². The minimum atomic E-state index is 0. The fourth-order valence-electron chi connectivity index (χ4n) is 2.58. The maximum absolute atomic E-state index is 11.9. The first-order chi connectivity index (χ1) is 8.34. The van der Waals surface area contributed by atoms with Crippen molar-refractivity contribution in [2.45, 2.75) is 58.6 Å². The molecule has 1 rings (SSSR count). The zero-order chi connectivity index (χ0) is 13.8. The summed E-state index contributed by atoms with van der Waals surface area (Å²) in [6, 6.07) is 0.205. The number of methoxy groups -OCH3 is 1. The smallest absolute Gasteiger partial charge is 0.220 e. The predicted octanol–water partition coefficient (Wildman–Crippen LogP) is 2.10. The van der Waals surface area contributed by atoms with Crippen LogP contribution in [-0.2, 0) is 9.53 Å². The zero-order valence-electron chi connectivity index (χ0n) is 12.6. The monoisotopic (exact) mass is 292 g/mol. The van der Waals surface area contributed by atoms with Crippen molar-refractivity contribution < 1.29 is 9.53 Å². The Kier molecular flexibility index (Phi) is 7.94. The van der Waals surface area contributed by atoms with Crippen LogP contribution >= 0.6 is 12.4 Å². The van der Waals surface area contributed by atoms with Crippen molar-refractivity contribution in [1.29, 1.82) is 0 Å². The number of nitrogens with one attached hydrogen (secondary N) is 1. The van der Waals surface area contributed by atoms with E-state index in [-0.39, 0.29) is 35.9 Å². The number of amides is 1. The van der Waals surface area contributed by atoms with Crippen LogP contribution in [0.5, 0.6) is 0 Å². The second-order valence-corrected chi connectivity index (χ2v) is 6.45. The molecule has 0 bridgehead atoms. The van der Waals surface area contributed by atoms with Gasteiger partial charge in [-0.05, 0) is 24.2 Å². The number of rotatable bonds is 5. The fourth-order valence-corrected chi connectivity index (χ4v) is 2.58. The van der Waals surface area contributed by atoms with Crippen LogP contribution in [0, 0.1) is 11.3 Å². The van der Waals surface area contributed by atoms with Gasteiger partial charge in [0, 0.05) is 26.1 Å². The molecule has 0 saturated heterocycles. The number of hydrogen-bond donors (Lipinski definition) is 2. The highest BCUT2D eigenvalue weighted by molar-refractivity contribution is 5.85. The molecule has 0 aromatic rings. The van der Waals surface area contributed by atoms with Crippen molar-refractivity contribution in [2.24, 2.45) is 17.1 Å². The molecule has 1 fully saturated rings. The van der Waals surface area contributed by atoms with Gasteiger partial charge in [0.05, 0.1) is 6.10 Å². The molecule has 3 N–H and O–H groups in total. The fraction of sp³-hybridized carbons (Fsp3) is 0.929. The Labute approximate surface area is 123 Å². The summed E-state index contributed by atoms with van der Waals surface area (Å²) >= 11 is 0. The van der Waals surface area contributed by atoms with Crippen LogP contribution in [0.3, 0.4) is 0 Å². The highest BCUT2D eigenvalue weighted by Gasteiger charge is 2.28. The van der Waals surface area contributed by atoms with Gasteiger partial charge in [-0.1, -0.05) is 27.2 Å². The summed E-state index contributed by atoms with van der Waals surface area (Å²) in [6.07, 6.45) is 3.89. The van der Waals surface area contributed by atoms with E-state index in [1.165, 1.54) is 0 Å². The third-order valence-corrected chi connectivity index (χ3v) is 3.90. The van der Waals surface area contributed by atoms with Gasteiger partial charge in [-0.3, -0.25) is 4.79 Å². The largest absolute Gasteiger partial charge is 0.379 e. The van der Waals surface area contributed by atoms with Crippen molar-refractivity contribution in [1.82, 2.24) is 5.32 Å². The van der Waals surface area contributed by atoms with E-state index in [2.05, 4.69) is 26.1 Å². The van der Waals surface area contributed by atoms with Crippen LogP contribution in [0.2, 0.25) is 0 Å². The summed E-state index contributed by atoms with van der Waals surface area (Å²) in [6.45, 7) is 6.90. The molecule has 0 aliphatic heterocycles. The molecule has 0 spiro atoms. The van der Waals surface area contributed by atoms with E-state index in [1.807, 2.05) is 0 Å². The summed E-state index contributed by atoms with van der Waals surface area (Å²) in [5, 5.41) is 2.97. The second kappa shape index (κ2) is 8.08. The molecule has 0 radical (unpaired) electrons. The minimum absolute atomic E-state index is 0. The molecule has 3 atom stereocenters. The molecular formula is C14H29ClN2O2. The third-order valence-electron chi connectivity index (χ3n) is 3.90. The average Bonchev–Trinajstić information content (AvgIpc) is 2.63. The second-order valence-electron chi connectivity index (χ2n) is 6.45. The van der Waals surface area contributed by atoms with Gasteiger partial charge >= 0.3 is 0 Å². The van der Waals surface area contributed by atoms with Crippen LogP contribution in [0.25, 0.3) is 0 Å². The molecule has 0 aromatic heterocycles. The van der Waals surface area contributed by atoms with Gasteiger partial charge in [0.1, 0.15) is 0 Å². The maximum Gasteiger partial charge on any atom is 0.220 e. The molecule has 4 nitrogen and oxygen atoms in total. The van der Waals surface area contributed by atoms with Crippen molar-refractivity contribution in [2.75, 3.05) is 13.7 Å². The Morgan fingerprint density at radius 3 is 2.47 bits per heavy atom. The summed E-state index contributed by atoms with van der Waals surface area (Å²) in [5.74, 6) is 0.462. The third kappa shape index (κ3) is 6.11. The molecule has 0 heterocycles. The molecule has 1 amide bonds. The topological polar surface area (TPSA) is 64.3 Å². The van der Waals surface area contributed by atoms with Crippen LogP contribution < -0.4 is 11.1 Å². The Morgan fingerprint density at radius 2 is 2.05 bits per heavy atom. The normalized spacial score (nSPS) is 24.7. The van der Waals surface area contributed by atoms with E-state index in [0.717, 1.165) is 19.3 Å². The average molecular weight is 293 g/mol. The minimum Gasteiger partial charge on any atom is -0.379 e. The van der Waals surface area contributed by atoms with Crippen LogP contribution in [0.4, 0.5) is 0 Å². The Hall–Kier alpha value is -0.320. The lowest BCUT2D eigenvalue weighted by molar-refractivity contribution is -0.123. The van der Waals surface area contributed by atoms with Gasteiger partial charge in [-0.15, -0.1) is 12.4 Å². The Morgan fingerprint density at radius 1 is 1.42 bits per heavy atom. The number of nitrogens with two attached hydrogens (primary N) is 1. The first-order valence-electron chi connectivity index (χ1n) is 6.89. The maximum atomic E-state index is 11.9. The van der Waals surface area contributed by atoms with Crippen molar-refractivity contribution >= 4 is 18.3 Å². The number of hydrogen-bond acceptors (Lipinski definition) is 3. The number of carbonyl (C=O) groups excluding carboxylic acids is 1. The van der Waals surface area contributed by atoms with E-state index in [0.29, 0.717) is 18.9 Å². The van der Waals surface area contributed by atoms with Gasteiger partial charge in [0.2, 0.25) is 5.91 Å². The molecule has 1 aliphatic rings. The SMILES string of the molecule is COC(CNC(=O)C[C@@H]1CCC[C@H]1N)C(C)(C)C.Cl. The van der Waals surface area contributed by atoms with E-state index in [9.17, 15) is 4.79 Å². The van der Waals surface area contributed by atoms with Gasteiger partial charge in [0.15, 0.2) is 0 Å². The van der Waals surface area contributed by atoms with E-state index < -0.39 is 0 Å². The standard InChI is InChI=1S/C14H28N2O2.ClH/c1-14(2,3)12(18-4)9-16-13(17)8-10-6-5-7-11(10)15;/h10-12H,5-9,15H2,1-4H3,(H,16,17);1H/t10-,11+,12?;/m0./s1. The van der Waals surface area contributed by atoms with Crippen molar-refractivity contribution in [3.8, 4) is 0 Å². The number of halogens is 1. The zero-order valence-corrected chi connectivity index (χ0v) is 13.4. The van der Waals surface area contributed by atoms with Crippen molar-refractivity contribution in [3.05, 3.63) is 0 Å². The van der Waals surface area contributed by atoms with E-state index in [4.69, 9.17) is 10.5 Å². The first-order valence-corrected chi connectivity index (χ1v) is 6.89. The number of carbonyl (C=O) groups is 1.